The Hall–Kier alpha value is -3.85. The smallest absolute Gasteiger partial charge is 0.278 e. The third-order valence-electron chi connectivity index (χ3n) is 4.37. The summed E-state index contributed by atoms with van der Waals surface area (Å²) < 4.78 is 19.5. The van der Waals surface area contributed by atoms with Gasteiger partial charge >= 0.3 is 0 Å². The molecule has 10 heteroatoms. The van der Waals surface area contributed by atoms with E-state index in [1.165, 1.54) is 30.3 Å². The van der Waals surface area contributed by atoms with E-state index in [9.17, 15) is 14.0 Å². The van der Waals surface area contributed by atoms with Crippen LogP contribution in [0, 0.1) is 12.7 Å². The standard InChI is InChI=1S/C21H15ClFN5O3/c1-12-10-15(23)6-7-16(12)24-18(29)11-28-19(30)9-8-17(26-28)21-25-20(27-31-21)13-2-4-14(22)5-3-13/h2-10H,11H2,1H3,(H,24,29). The van der Waals surface area contributed by atoms with E-state index in [1.54, 1.807) is 31.2 Å². The molecule has 8 nitrogen and oxygen atoms in total. The molecular weight excluding hydrogens is 425 g/mol. The average molecular weight is 440 g/mol. The third kappa shape index (κ3) is 4.67. The van der Waals surface area contributed by atoms with Gasteiger partial charge in [-0.2, -0.15) is 10.1 Å². The molecule has 2 heterocycles. The fourth-order valence-electron chi connectivity index (χ4n) is 2.81. The van der Waals surface area contributed by atoms with Crippen LogP contribution in [0.5, 0.6) is 0 Å². The summed E-state index contributed by atoms with van der Waals surface area (Å²) >= 11 is 5.88. The van der Waals surface area contributed by atoms with E-state index in [2.05, 4.69) is 20.6 Å². The Morgan fingerprint density at radius 3 is 2.68 bits per heavy atom. The molecule has 0 aliphatic carbocycles. The zero-order valence-electron chi connectivity index (χ0n) is 16.2. The molecule has 0 unspecified atom stereocenters. The molecule has 1 N–H and O–H groups in total. The minimum Gasteiger partial charge on any atom is -0.332 e. The number of benzene rings is 2. The summed E-state index contributed by atoms with van der Waals surface area (Å²) in [6.45, 7) is 1.32. The van der Waals surface area contributed by atoms with Gasteiger partial charge < -0.3 is 9.84 Å². The Kier molecular flexibility index (Phi) is 5.59. The Morgan fingerprint density at radius 1 is 1.16 bits per heavy atom. The first-order valence-corrected chi connectivity index (χ1v) is 9.51. The highest BCUT2D eigenvalue weighted by atomic mass is 35.5. The van der Waals surface area contributed by atoms with Crippen LogP contribution in [-0.2, 0) is 11.3 Å². The topological polar surface area (TPSA) is 103 Å². The number of carbonyl (C=O) groups excluding carboxylic acids is 1. The second kappa shape index (κ2) is 8.49. The number of aromatic nitrogens is 4. The molecule has 0 spiro atoms. The molecule has 4 rings (SSSR count). The van der Waals surface area contributed by atoms with Gasteiger partial charge in [0.15, 0.2) is 0 Å². The quantitative estimate of drug-likeness (QED) is 0.508. The highest BCUT2D eigenvalue weighted by Gasteiger charge is 2.15. The van der Waals surface area contributed by atoms with Gasteiger partial charge in [-0.15, -0.1) is 0 Å². The fourth-order valence-corrected chi connectivity index (χ4v) is 2.94. The molecular formula is C21H15ClFN5O3. The second-order valence-corrected chi connectivity index (χ2v) is 7.09. The first-order valence-electron chi connectivity index (χ1n) is 9.13. The molecule has 31 heavy (non-hydrogen) atoms. The molecule has 0 aliphatic heterocycles. The van der Waals surface area contributed by atoms with Crippen LogP contribution in [0.25, 0.3) is 23.0 Å². The summed E-state index contributed by atoms with van der Waals surface area (Å²) in [7, 11) is 0. The first kappa shape index (κ1) is 20.4. The zero-order valence-corrected chi connectivity index (χ0v) is 16.9. The van der Waals surface area contributed by atoms with E-state index in [0.29, 0.717) is 27.7 Å². The van der Waals surface area contributed by atoms with Crippen molar-refractivity contribution in [2.75, 3.05) is 5.32 Å². The van der Waals surface area contributed by atoms with Gasteiger partial charge in [-0.3, -0.25) is 9.59 Å². The fraction of sp³-hybridized carbons (Fsp3) is 0.0952. The van der Waals surface area contributed by atoms with Gasteiger partial charge in [-0.25, -0.2) is 9.07 Å². The van der Waals surface area contributed by atoms with Crippen LogP contribution in [0.1, 0.15) is 5.56 Å². The van der Waals surface area contributed by atoms with Crippen molar-refractivity contribution in [1.82, 2.24) is 19.9 Å². The Labute approximate surface area is 180 Å². The molecule has 0 atom stereocenters. The van der Waals surface area contributed by atoms with Crippen molar-refractivity contribution >= 4 is 23.2 Å². The third-order valence-corrected chi connectivity index (χ3v) is 4.62. The van der Waals surface area contributed by atoms with Crippen molar-refractivity contribution in [3.63, 3.8) is 0 Å². The Bertz CT molecular complexity index is 1320. The number of halogens is 2. The van der Waals surface area contributed by atoms with Gasteiger partial charge in [0.05, 0.1) is 0 Å². The van der Waals surface area contributed by atoms with Crippen LogP contribution < -0.4 is 10.9 Å². The summed E-state index contributed by atoms with van der Waals surface area (Å²) in [6, 6.07) is 13.6. The Balaban J connectivity index is 1.54. The van der Waals surface area contributed by atoms with Crippen LogP contribution in [0.4, 0.5) is 10.1 Å². The molecule has 0 bridgehead atoms. The molecule has 1 amide bonds. The largest absolute Gasteiger partial charge is 0.332 e. The number of hydrogen-bond acceptors (Lipinski definition) is 6. The van der Waals surface area contributed by atoms with Gasteiger partial charge in [0.25, 0.3) is 11.4 Å². The lowest BCUT2D eigenvalue weighted by Gasteiger charge is -2.09. The summed E-state index contributed by atoms with van der Waals surface area (Å²) in [5.41, 5.74) is 1.45. The van der Waals surface area contributed by atoms with Crippen molar-refractivity contribution in [2.24, 2.45) is 0 Å². The Morgan fingerprint density at radius 2 is 1.94 bits per heavy atom. The molecule has 0 aliphatic rings. The van der Waals surface area contributed by atoms with Gasteiger partial charge in [-0.1, -0.05) is 16.8 Å². The van der Waals surface area contributed by atoms with Gasteiger partial charge in [0, 0.05) is 22.3 Å². The van der Waals surface area contributed by atoms with Crippen LogP contribution in [0.2, 0.25) is 5.02 Å². The SMILES string of the molecule is Cc1cc(F)ccc1NC(=O)Cn1nc(-c2nc(-c3ccc(Cl)cc3)no2)ccc1=O. The number of nitrogens with zero attached hydrogens (tertiary/aromatic N) is 4. The number of amides is 1. The number of rotatable bonds is 5. The molecule has 0 radical (unpaired) electrons. The lowest BCUT2D eigenvalue weighted by Crippen LogP contribution is -2.29. The predicted molar refractivity (Wildman–Crippen MR) is 112 cm³/mol. The average Bonchev–Trinajstić information content (AvgIpc) is 3.22. The lowest BCUT2D eigenvalue weighted by atomic mass is 10.2. The van der Waals surface area contributed by atoms with E-state index < -0.39 is 17.3 Å². The summed E-state index contributed by atoms with van der Waals surface area (Å²) in [6.07, 6.45) is 0. The number of carbonyl (C=O) groups is 1. The zero-order chi connectivity index (χ0) is 22.0. The van der Waals surface area contributed by atoms with E-state index in [-0.39, 0.29) is 18.1 Å². The van der Waals surface area contributed by atoms with Crippen LogP contribution in [0.15, 0.2) is 63.9 Å². The monoisotopic (exact) mass is 439 g/mol. The molecule has 4 aromatic rings. The van der Waals surface area contributed by atoms with Crippen molar-refractivity contribution in [1.29, 1.82) is 0 Å². The molecule has 0 saturated heterocycles. The number of aryl methyl sites for hydroxylation is 1. The van der Waals surface area contributed by atoms with E-state index in [0.717, 1.165) is 4.68 Å². The second-order valence-electron chi connectivity index (χ2n) is 6.65. The maximum absolute atomic E-state index is 13.2. The molecule has 0 saturated carbocycles. The van der Waals surface area contributed by atoms with Crippen molar-refractivity contribution in [3.8, 4) is 23.0 Å². The highest BCUT2D eigenvalue weighted by Crippen LogP contribution is 2.22. The minimum atomic E-state index is -0.492. The van der Waals surface area contributed by atoms with Crippen LogP contribution >= 0.6 is 11.6 Å². The normalized spacial score (nSPS) is 10.8. The highest BCUT2D eigenvalue weighted by molar-refractivity contribution is 6.30. The van der Waals surface area contributed by atoms with Crippen molar-refractivity contribution in [2.45, 2.75) is 13.5 Å². The molecule has 156 valence electrons. The van der Waals surface area contributed by atoms with E-state index in [4.69, 9.17) is 16.1 Å². The molecule has 2 aromatic heterocycles. The summed E-state index contributed by atoms with van der Waals surface area (Å²) in [5.74, 6) is -0.475. The van der Waals surface area contributed by atoms with Gasteiger partial charge in [0.2, 0.25) is 11.7 Å². The lowest BCUT2D eigenvalue weighted by molar-refractivity contribution is -0.117. The van der Waals surface area contributed by atoms with Crippen LogP contribution in [-0.4, -0.2) is 25.8 Å². The van der Waals surface area contributed by atoms with Crippen molar-refractivity contribution < 1.29 is 13.7 Å². The molecule has 0 fully saturated rings. The van der Waals surface area contributed by atoms with Gasteiger partial charge in [-0.05, 0) is 61.0 Å². The van der Waals surface area contributed by atoms with E-state index >= 15 is 0 Å². The van der Waals surface area contributed by atoms with Gasteiger partial charge in [0.1, 0.15) is 18.1 Å². The maximum Gasteiger partial charge on any atom is 0.278 e. The maximum atomic E-state index is 13.2. The minimum absolute atomic E-state index is 0.0912. The predicted octanol–water partition coefficient (Wildman–Crippen LogP) is 3.70. The summed E-state index contributed by atoms with van der Waals surface area (Å²) in [4.78, 5) is 28.8. The van der Waals surface area contributed by atoms with Crippen molar-refractivity contribution in [3.05, 3.63) is 81.4 Å². The number of anilines is 1. The number of hydrogen-bond donors (Lipinski definition) is 1. The van der Waals surface area contributed by atoms with Crippen LogP contribution in [0.3, 0.4) is 0 Å². The summed E-state index contributed by atoms with van der Waals surface area (Å²) in [5, 5.41) is 11.3. The molecule has 2 aromatic carbocycles. The number of nitrogens with one attached hydrogen (secondary N) is 1. The first-order chi connectivity index (χ1) is 14.9. The van der Waals surface area contributed by atoms with E-state index in [1.807, 2.05) is 0 Å².